The van der Waals surface area contributed by atoms with Gasteiger partial charge in [0.25, 0.3) is 0 Å². The van der Waals surface area contributed by atoms with Crippen LogP contribution in [0, 0.1) is 12.7 Å². The van der Waals surface area contributed by atoms with Gasteiger partial charge in [0.1, 0.15) is 12.4 Å². The van der Waals surface area contributed by atoms with Gasteiger partial charge < -0.3 is 25.0 Å². The average Bonchev–Trinajstić information content (AvgIpc) is 2.69. The van der Waals surface area contributed by atoms with Crippen molar-refractivity contribution in [3.05, 3.63) is 58.9 Å². The zero-order valence-corrected chi connectivity index (χ0v) is 17.1. The number of halogens is 1. The first-order valence-corrected chi connectivity index (χ1v) is 9.44. The standard InChI is InChI=1S/C22H29FN2O4/c1-16-10-17(4-6-19(16)23)12-24-14-22(2,27)15-25-13-18-5-7-20(29-9-8-26)21(11-18)28-3/h4-7,10-12,25-27H,8-9,13-15H2,1-3H3. The first-order valence-electron chi connectivity index (χ1n) is 9.44. The third-order valence-corrected chi connectivity index (χ3v) is 4.27. The van der Waals surface area contributed by atoms with Crippen LogP contribution in [0.2, 0.25) is 0 Å². The largest absolute Gasteiger partial charge is 0.493 e. The number of methoxy groups -OCH3 is 1. The number of nitrogens with one attached hydrogen (secondary N) is 1. The first-order chi connectivity index (χ1) is 13.8. The molecule has 29 heavy (non-hydrogen) atoms. The Kier molecular flexibility index (Phi) is 8.57. The van der Waals surface area contributed by atoms with Crippen molar-refractivity contribution in [3.8, 4) is 11.5 Å². The molecule has 7 heteroatoms. The molecule has 2 rings (SSSR count). The maximum absolute atomic E-state index is 13.3. The van der Waals surface area contributed by atoms with E-state index in [0.717, 1.165) is 11.1 Å². The Morgan fingerprint density at radius 2 is 2.00 bits per heavy atom. The van der Waals surface area contributed by atoms with Crippen LogP contribution >= 0.6 is 0 Å². The van der Waals surface area contributed by atoms with Crippen LogP contribution in [0.25, 0.3) is 0 Å². The van der Waals surface area contributed by atoms with Crippen molar-refractivity contribution < 1.29 is 24.1 Å². The molecule has 3 N–H and O–H groups in total. The Labute approximate surface area is 171 Å². The highest BCUT2D eigenvalue weighted by Gasteiger charge is 2.19. The molecule has 0 aromatic heterocycles. The number of rotatable bonds is 11. The molecule has 0 radical (unpaired) electrons. The molecule has 0 aliphatic carbocycles. The number of hydrogen-bond donors (Lipinski definition) is 3. The van der Waals surface area contributed by atoms with E-state index < -0.39 is 5.60 Å². The van der Waals surface area contributed by atoms with Gasteiger partial charge in [-0.15, -0.1) is 0 Å². The molecule has 0 aliphatic rings. The number of hydrogen-bond acceptors (Lipinski definition) is 6. The lowest BCUT2D eigenvalue weighted by atomic mass is 10.1. The maximum Gasteiger partial charge on any atom is 0.161 e. The van der Waals surface area contributed by atoms with E-state index in [9.17, 15) is 9.50 Å². The number of aliphatic hydroxyl groups excluding tert-OH is 1. The van der Waals surface area contributed by atoms with Gasteiger partial charge in [-0.25, -0.2) is 4.39 Å². The van der Waals surface area contributed by atoms with Crippen molar-refractivity contribution in [2.45, 2.75) is 26.0 Å². The van der Waals surface area contributed by atoms with Crippen molar-refractivity contribution in [2.75, 3.05) is 33.4 Å². The highest BCUT2D eigenvalue weighted by Crippen LogP contribution is 2.28. The van der Waals surface area contributed by atoms with Gasteiger partial charge in [0.2, 0.25) is 0 Å². The second kappa shape index (κ2) is 10.9. The summed E-state index contributed by atoms with van der Waals surface area (Å²) in [6.45, 7) is 4.64. The number of ether oxygens (including phenoxy) is 2. The molecule has 2 aromatic rings. The van der Waals surface area contributed by atoms with Gasteiger partial charge in [-0.1, -0.05) is 12.1 Å². The zero-order chi connectivity index (χ0) is 21.3. The Hall–Kier alpha value is -2.48. The lowest BCUT2D eigenvalue weighted by Crippen LogP contribution is -2.40. The van der Waals surface area contributed by atoms with Gasteiger partial charge in [-0.3, -0.25) is 4.99 Å². The van der Waals surface area contributed by atoms with Crippen LogP contribution in [0.15, 0.2) is 41.4 Å². The van der Waals surface area contributed by atoms with Crippen molar-refractivity contribution in [1.29, 1.82) is 0 Å². The second-order valence-corrected chi connectivity index (χ2v) is 7.14. The lowest BCUT2D eigenvalue weighted by molar-refractivity contribution is 0.0691. The van der Waals surface area contributed by atoms with E-state index in [1.54, 1.807) is 45.4 Å². The Morgan fingerprint density at radius 3 is 2.69 bits per heavy atom. The Balaban J connectivity index is 1.85. The summed E-state index contributed by atoms with van der Waals surface area (Å²) in [5, 5.41) is 22.6. The van der Waals surface area contributed by atoms with Gasteiger partial charge in [0, 0.05) is 19.3 Å². The van der Waals surface area contributed by atoms with Gasteiger partial charge in [0.15, 0.2) is 11.5 Å². The van der Waals surface area contributed by atoms with E-state index in [2.05, 4.69) is 10.3 Å². The highest BCUT2D eigenvalue weighted by atomic mass is 19.1. The van der Waals surface area contributed by atoms with Gasteiger partial charge >= 0.3 is 0 Å². The topological polar surface area (TPSA) is 83.3 Å². The molecule has 0 aliphatic heterocycles. The molecule has 0 saturated heterocycles. The van der Waals surface area contributed by atoms with E-state index >= 15 is 0 Å². The molecule has 6 nitrogen and oxygen atoms in total. The maximum atomic E-state index is 13.3. The second-order valence-electron chi connectivity index (χ2n) is 7.14. The van der Waals surface area contributed by atoms with E-state index in [0.29, 0.717) is 30.2 Å². The molecular formula is C22H29FN2O4. The molecule has 158 valence electrons. The van der Waals surface area contributed by atoms with E-state index in [4.69, 9.17) is 14.6 Å². The fourth-order valence-corrected chi connectivity index (χ4v) is 2.72. The molecule has 1 atom stereocenters. The van der Waals surface area contributed by atoms with Crippen molar-refractivity contribution in [2.24, 2.45) is 4.99 Å². The van der Waals surface area contributed by atoms with Crippen LogP contribution in [0.3, 0.4) is 0 Å². The predicted molar refractivity (Wildman–Crippen MR) is 112 cm³/mol. The lowest BCUT2D eigenvalue weighted by Gasteiger charge is -2.21. The van der Waals surface area contributed by atoms with E-state index in [1.165, 1.54) is 6.07 Å². The highest BCUT2D eigenvalue weighted by molar-refractivity contribution is 5.79. The number of aliphatic imine (C=N–C) groups is 1. The number of aliphatic hydroxyl groups is 2. The summed E-state index contributed by atoms with van der Waals surface area (Å²) < 4.78 is 24.0. The minimum absolute atomic E-state index is 0.0647. The summed E-state index contributed by atoms with van der Waals surface area (Å²) >= 11 is 0. The molecular weight excluding hydrogens is 375 g/mol. The SMILES string of the molecule is COc1cc(CNCC(C)(O)CN=Cc2ccc(F)c(C)c2)ccc1OCCO. The van der Waals surface area contributed by atoms with Gasteiger partial charge in [0.05, 0.1) is 25.9 Å². The molecule has 0 spiro atoms. The van der Waals surface area contributed by atoms with Gasteiger partial charge in [-0.05, 0) is 54.8 Å². The molecule has 0 saturated carbocycles. The molecule has 0 heterocycles. The Morgan fingerprint density at radius 1 is 1.21 bits per heavy atom. The first kappa shape index (κ1) is 22.8. The molecule has 1 unspecified atom stereocenters. The summed E-state index contributed by atoms with van der Waals surface area (Å²) in [4.78, 5) is 4.28. The van der Waals surface area contributed by atoms with Gasteiger partial charge in [-0.2, -0.15) is 0 Å². The summed E-state index contributed by atoms with van der Waals surface area (Å²) in [5.41, 5.74) is 1.30. The summed E-state index contributed by atoms with van der Waals surface area (Å²) in [7, 11) is 1.56. The smallest absolute Gasteiger partial charge is 0.161 e. The van der Waals surface area contributed by atoms with E-state index in [1.807, 2.05) is 12.1 Å². The number of nitrogens with zero attached hydrogens (tertiary/aromatic N) is 1. The van der Waals surface area contributed by atoms with Crippen molar-refractivity contribution in [3.63, 3.8) is 0 Å². The molecule has 0 bridgehead atoms. The Bertz CT molecular complexity index is 824. The zero-order valence-electron chi connectivity index (χ0n) is 17.1. The number of aryl methyl sites for hydroxylation is 1. The molecule has 0 fully saturated rings. The van der Waals surface area contributed by atoms with Crippen LogP contribution in [0.1, 0.15) is 23.6 Å². The summed E-state index contributed by atoms with van der Waals surface area (Å²) in [5.74, 6) is 0.911. The quantitative estimate of drug-likeness (QED) is 0.501. The molecule has 0 amide bonds. The minimum Gasteiger partial charge on any atom is -0.493 e. The summed E-state index contributed by atoms with van der Waals surface area (Å²) in [6.07, 6.45) is 1.64. The van der Waals surface area contributed by atoms with Crippen molar-refractivity contribution in [1.82, 2.24) is 5.32 Å². The number of benzene rings is 2. The predicted octanol–water partition coefficient (Wildman–Crippen LogP) is 2.47. The van der Waals surface area contributed by atoms with E-state index in [-0.39, 0.29) is 25.6 Å². The van der Waals surface area contributed by atoms with Crippen LogP contribution in [-0.4, -0.2) is 55.4 Å². The fourth-order valence-electron chi connectivity index (χ4n) is 2.72. The van der Waals surface area contributed by atoms with Crippen molar-refractivity contribution >= 4 is 6.21 Å². The van der Waals surface area contributed by atoms with Crippen LogP contribution in [-0.2, 0) is 6.54 Å². The average molecular weight is 404 g/mol. The van der Waals surface area contributed by atoms with Crippen LogP contribution < -0.4 is 14.8 Å². The van der Waals surface area contributed by atoms with Crippen LogP contribution in [0.4, 0.5) is 4.39 Å². The summed E-state index contributed by atoms with van der Waals surface area (Å²) in [6, 6.07) is 10.3. The fraction of sp³-hybridized carbons (Fsp3) is 0.409. The third-order valence-electron chi connectivity index (χ3n) is 4.27. The normalized spacial score (nSPS) is 13.4. The monoisotopic (exact) mass is 404 g/mol. The third kappa shape index (κ3) is 7.45. The minimum atomic E-state index is -1.03. The van der Waals surface area contributed by atoms with Crippen LogP contribution in [0.5, 0.6) is 11.5 Å². The molecule has 2 aromatic carbocycles.